The first kappa shape index (κ1) is 12.4. The Bertz CT molecular complexity index is 766. The summed E-state index contributed by atoms with van der Waals surface area (Å²) in [7, 11) is 0. The Hall–Kier alpha value is -2.68. The highest BCUT2D eigenvalue weighted by Crippen LogP contribution is 2.21. The number of imidazole rings is 1. The van der Waals surface area contributed by atoms with Crippen LogP contribution in [0.3, 0.4) is 0 Å². The summed E-state index contributed by atoms with van der Waals surface area (Å²) >= 11 is 0. The predicted octanol–water partition coefficient (Wildman–Crippen LogP) is 3.83. The molecule has 0 unspecified atom stereocenters. The van der Waals surface area contributed by atoms with Crippen LogP contribution in [0.4, 0.5) is 0 Å². The van der Waals surface area contributed by atoms with E-state index in [4.69, 9.17) is 0 Å². The van der Waals surface area contributed by atoms with Gasteiger partial charge in [0, 0.05) is 5.56 Å². The smallest absolute Gasteiger partial charge is 0.152 e. The average molecular weight is 262 g/mol. The third-order valence-electron chi connectivity index (χ3n) is 3.06. The second-order valence-electron chi connectivity index (χ2n) is 4.67. The Kier molecular flexibility index (Phi) is 3.17. The highest BCUT2D eigenvalue weighted by Gasteiger charge is 2.04. The minimum atomic E-state index is 0.0409. The Labute approximate surface area is 117 Å². The van der Waals surface area contributed by atoms with E-state index in [1.54, 1.807) is 13.0 Å². The lowest BCUT2D eigenvalue weighted by Gasteiger charge is -1.98. The Balaban J connectivity index is 2.01. The van der Waals surface area contributed by atoms with Crippen LogP contribution in [-0.2, 0) is 4.79 Å². The fraction of sp³-hybridized carbons (Fsp3) is 0.0588. The van der Waals surface area contributed by atoms with Crippen molar-refractivity contribution in [3.63, 3.8) is 0 Å². The van der Waals surface area contributed by atoms with Gasteiger partial charge in [-0.15, -0.1) is 0 Å². The molecule has 3 nitrogen and oxygen atoms in total. The number of nitrogens with zero attached hydrogens (tertiary/aromatic N) is 1. The van der Waals surface area contributed by atoms with Gasteiger partial charge in [-0.05, 0) is 36.8 Å². The van der Waals surface area contributed by atoms with E-state index >= 15 is 0 Å². The van der Waals surface area contributed by atoms with E-state index in [-0.39, 0.29) is 5.78 Å². The van der Waals surface area contributed by atoms with Crippen molar-refractivity contribution in [3.05, 3.63) is 60.2 Å². The number of aromatic nitrogens is 2. The molecular formula is C17H14N2O. The maximum Gasteiger partial charge on any atom is 0.152 e. The number of aromatic amines is 1. The number of ketones is 1. The normalized spacial score (nSPS) is 11.2. The molecule has 3 rings (SSSR count). The highest BCUT2D eigenvalue weighted by atomic mass is 16.1. The number of para-hydroxylation sites is 2. The summed E-state index contributed by atoms with van der Waals surface area (Å²) in [5, 5.41) is 0. The van der Waals surface area contributed by atoms with E-state index in [0.29, 0.717) is 0 Å². The van der Waals surface area contributed by atoms with Gasteiger partial charge in [0.05, 0.1) is 11.0 Å². The Morgan fingerprint density at radius 1 is 1.15 bits per heavy atom. The molecule has 0 aliphatic rings. The zero-order valence-electron chi connectivity index (χ0n) is 11.1. The molecule has 3 aromatic rings. The molecule has 0 aliphatic heterocycles. The Morgan fingerprint density at radius 3 is 2.80 bits per heavy atom. The van der Waals surface area contributed by atoms with E-state index in [1.165, 1.54) is 0 Å². The number of hydrogen-bond donors (Lipinski definition) is 1. The second-order valence-corrected chi connectivity index (χ2v) is 4.67. The van der Waals surface area contributed by atoms with Gasteiger partial charge in [0.2, 0.25) is 0 Å². The topological polar surface area (TPSA) is 45.8 Å². The number of fused-ring (bicyclic) bond motifs is 1. The van der Waals surface area contributed by atoms with Gasteiger partial charge in [0.15, 0.2) is 5.78 Å². The number of allylic oxidation sites excluding steroid dienone is 1. The van der Waals surface area contributed by atoms with Gasteiger partial charge < -0.3 is 4.98 Å². The first-order valence-corrected chi connectivity index (χ1v) is 6.46. The number of nitrogens with one attached hydrogen (secondary N) is 1. The minimum Gasteiger partial charge on any atom is -0.338 e. The average Bonchev–Trinajstić information content (AvgIpc) is 2.89. The number of rotatable bonds is 3. The molecule has 1 aromatic heterocycles. The monoisotopic (exact) mass is 262 g/mol. The van der Waals surface area contributed by atoms with Crippen molar-refractivity contribution < 1.29 is 4.79 Å². The summed E-state index contributed by atoms with van der Waals surface area (Å²) in [6.45, 7) is 1.54. The first-order chi connectivity index (χ1) is 9.72. The maximum atomic E-state index is 11.0. The summed E-state index contributed by atoms with van der Waals surface area (Å²) in [6, 6.07) is 15.9. The fourth-order valence-corrected chi connectivity index (χ4v) is 2.09. The van der Waals surface area contributed by atoms with Crippen LogP contribution in [0, 0.1) is 0 Å². The lowest BCUT2D eigenvalue weighted by molar-refractivity contribution is -0.112. The van der Waals surface area contributed by atoms with E-state index in [9.17, 15) is 4.79 Å². The van der Waals surface area contributed by atoms with Gasteiger partial charge >= 0.3 is 0 Å². The van der Waals surface area contributed by atoms with Crippen LogP contribution < -0.4 is 0 Å². The van der Waals surface area contributed by atoms with Crippen LogP contribution >= 0.6 is 0 Å². The molecule has 1 N–H and O–H groups in total. The first-order valence-electron chi connectivity index (χ1n) is 6.46. The number of carbonyl (C=O) groups is 1. The van der Waals surface area contributed by atoms with Crippen LogP contribution in [0.15, 0.2) is 54.6 Å². The molecule has 0 aliphatic carbocycles. The van der Waals surface area contributed by atoms with Crippen molar-refractivity contribution in [1.82, 2.24) is 9.97 Å². The van der Waals surface area contributed by atoms with Gasteiger partial charge in [-0.3, -0.25) is 4.79 Å². The van der Waals surface area contributed by atoms with E-state index in [1.807, 2.05) is 54.6 Å². The minimum absolute atomic E-state index is 0.0409. The van der Waals surface area contributed by atoms with Crippen LogP contribution in [0.1, 0.15) is 12.5 Å². The molecule has 98 valence electrons. The van der Waals surface area contributed by atoms with Gasteiger partial charge in [-0.2, -0.15) is 0 Å². The second kappa shape index (κ2) is 5.13. The number of hydrogen-bond acceptors (Lipinski definition) is 2. The molecule has 0 saturated carbocycles. The molecule has 3 heteroatoms. The summed E-state index contributed by atoms with van der Waals surface area (Å²) in [5.41, 5.74) is 3.96. The third-order valence-corrected chi connectivity index (χ3v) is 3.06. The fourth-order valence-electron chi connectivity index (χ4n) is 2.09. The molecule has 0 atom stereocenters. The molecule has 20 heavy (non-hydrogen) atoms. The lowest BCUT2D eigenvalue weighted by Crippen LogP contribution is -1.83. The van der Waals surface area contributed by atoms with Gasteiger partial charge in [-0.1, -0.05) is 36.4 Å². The van der Waals surface area contributed by atoms with Crippen molar-refractivity contribution >= 4 is 22.9 Å². The summed E-state index contributed by atoms with van der Waals surface area (Å²) in [4.78, 5) is 18.9. The van der Waals surface area contributed by atoms with Gasteiger partial charge in [0.25, 0.3) is 0 Å². The van der Waals surface area contributed by atoms with Gasteiger partial charge in [0.1, 0.15) is 5.82 Å². The zero-order valence-corrected chi connectivity index (χ0v) is 11.1. The van der Waals surface area contributed by atoms with Crippen molar-refractivity contribution in [2.45, 2.75) is 6.92 Å². The quantitative estimate of drug-likeness (QED) is 0.729. The number of H-pyrrole nitrogens is 1. The lowest BCUT2D eigenvalue weighted by atomic mass is 10.1. The number of benzene rings is 2. The van der Waals surface area contributed by atoms with E-state index < -0.39 is 0 Å². The van der Waals surface area contributed by atoms with Crippen LogP contribution in [0.25, 0.3) is 28.5 Å². The summed E-state index contributed by atoms with van der Waals surface area (Å²) in [5.74, 6) is 0.878. The predicted molar refractivity (Wildman–Crippen MR) is 81.2 cm³/mol. The largest absolute Gasteiger partial charge is 0.338 e. The SMILES string of the molecule is CC(=O)/C=C/c1cccc(-c2nc3ccccc3[nH]2)c1. The molecule has 0 radical (unpaired) electrons. The van der Waals surface area contributed by atoms with Crippen molar-refractivity contribution in [2.75, 3.05) is 0 Å². The molecule has 0 bridgehead atoms. The summed E-state index contributed by atoms with van der Waals surface area (Å²) < 4.78 is 0. The highest BCUT2D eigenvalue weighted by molar-refractivity contribution is 5.91. The molecule has 2 aromatic carbocycles. The molecule has 1 heterocycles. The van der Waals surface area contributed by atoms with Crippen molar-refractivity contribution in [1.29, 1.82) is 0 Å². The van der Waals surface area contributed by atoms with Crippen LogP contribution in [0.5, 0.6) is 0 Å². The maximum absolute atomic E-state index is 11.0. The van der Waals surface area contributed by atoms with E-state index in [2.05, 4.69) is 9.97 Å². The van der Waals surface area contributed by atoms with Crippen LogP contribution in [0.2, 0.25) is 0 Å². The molecule has 0 fully saturated rings. The molecule has 0 saturated heterocycles. The molecule has 0 spiro atoms. The van der Waals surface area contributed by atoms with Gasteiger partial charge in [-0.25, -0.2) is 4.98 Å². The van der Waals surface area contributed by atoms with Crippen LogP contribution in [-0.4, -0.2) is 15.8 Å². The summed E-state index contributed by atoms with van der Waals surface area (Å²) in [6.07, 6.45) is 3.38. The van der Waals surface area contributed by atoms with Crippen molar-refractivity contribution in [2.24, 2.45) is 0 Å². The standard InChI is InChI=1S/C17H14N2O/c1-12(20)9-10-13-5-4-6-14(11-13)17-18-15-7-2-3-8-16(15)19-17/h2-11H,1H3,(H,18,19)/b10-9+. The molecular weight excluding hydrogens is 248 g/mol. The molecule has 0 amide bonds. The van der Waals surface area contributed by atoms with E-state index in [0.717, 1.165) is 28.0 Å². The van der Waals surface area contributed by atoms with Crippen molar-refractivity contribution in [3.8, 4) is 11.4 Å². The Morgan fingerprint density at radius 2 is 2.00 bits per heavy atom. The third kappa shape index (κ3) is 2.52. The number of carbonyl (C=O) groups excluding carboxylic acids is 1. The zero-order chi connectivity index (χ0) is 13.9.